The molecule has 214 valence electrons. The summed E-state index contributed by atoms with van der Waals surface area (Å²) >= 11 is 1.23. The van der Waals surface area contributed by atoms with E-state index in [0.717, 1.165) is 0 Å². The molecule has 0 fully saturated rings. The first-order chi connectivity index (χ1) is 20.4. The maximum atomic E-state index is 14.0. The quantitative estimate of drug-likeness (QED) is 0.300. The van der Waals surface area contributed by atoms with Gasteiger partial charge in [0.1, 0.15) is 11.5 Å². The molecule has 0 radical (unpaired) electrons. The monoisotopic (exact) mass is 583 g/mol. The Morgan fingerprint density at radius 1 is 1.02 bits per heavy atom. The number of anilines is 1. The van der Waals surface area contributed by atoms with Crippen molar-refractivity contribution in [1.29, 1.82) is 0 Å². The van der Waals surface area contributed by atoms with E-state index in [1.807, 2.05) is 48.5 Å². The van der Waals surface area contributed by atoms with Gasteiger partial charge in [-0.3, -0.25) is 14.2 Å². The first-order valence-electron chi connectivity index (χ1n) is 13.3. The number of esters is 1. The molecule has 0 saturated carbocycles. The fraction of sp³-hybridized carbons (Fsp3) is 0.188. The Balaban J connectivity index is 1.57. The summed E-state index contributed by atoms with van der Waals surface area (Å²) in [5, 5.41) is 2.95. The Morgan fingerprint density at radius 3 is 2.55 bits per heavy atom. The number of para-hydroxylation sites is 1. The number of benzene rings is 3. The van der Waals surface area contributed by atoms with E-state index in [0.29, 0.717) is 48.9 Å². The van der Waals surface area contributed by atoms with Crippen LogP contribution in [0, 0.1) is 0 Å². The van der Waals surface area contributed by atoms with Crippen molar-refractivity contribution < 1.29 is 23.8 Å². The first-order valence-corrected chi connectivity index (χ1v) is 14.1. The van der Waals surface area contributed by atoms with Crippen molar-refractivity contribution in [3.8, 4) is 11.5 Å². The number of fused-ring (bicyclic) bond motifs is 1. The first kappa shape index (κ1) is 28.6. The van der Waals surface area contributed by atoms with Crippen LogP contribution in [0.3, 0.4) is 0 Å². The molecule has 1 amide bonds. The van der Waals surface area contributed by atoms with E-state index in [4.69, 9.17) is 14.2 Å². The van der Waals surface area contributed by atoms with Crippen molar-refractivity contribution in [2.75, 3.05) is 25.6 Å². The molecule has 1 aliphatic heterocycles. The summed E-state index contributed by atoms with van der Waals surface area (Å²) in [6.45, 7) is 3.56. The minimum Gasteiger partial charge on any atom is -0.497 e. The Kier molecular flexibility index (Phi) is 8.63. The van der Waals surface area contributed by atoms with Crippen molar-refractivity contribution in [1.82, 2.24) is 4.57 Å². The molecule has 0 aliphatic carbocycles. The number of carbonyl (C=O) groups excluding carboxylic acids is 2. The topological polar surface area (TPSA) is 108 Å². The number of nitrogens with one attached hydrogen (secondary N) is 1. The molecule has 2 heterocycles. The smallest absolute Gasteiger partial charge is 0.344 e. The van der Waals surface area contributed by atoms with Crippen LogP contribution in [0.5, 0.6) is 11.5 Å². The molecule has 42 heavy (non-hydrogen) atoms. The molecule has 1 aromatic heterocycles. The lowest BCUT2D eigenvalue weighted by molar-refractivity contribution is -0.145. The number of ether oxygens (including phenoxy) is 3. The van der Waals surface area contributed by atoms with E-state index in [-0.39, 0.29) is 24.7 Å². The van der Waals surface area contributed by atoms with Crippen LogP contribution in [0.2, 0.25) is 0 Å². The summed E-state index contributed by atoms with van der Waals surface area (Å²) in [7, 11) is 1.57. The summed E-state index contributed by atoms with van der Waals surface area (Å²) in [6.07, 6.45) is 1.74. The molecule has 4 aromatic rings. The average molecular weight is 584 g/mol. The zero-order valence-electron chi connectivity index (χ0n) is 23.3. The average Bonchev–Trinajstić information content (AvgIpc) is 3.30. The van der Waals surface area contributed by atoms with Gasteiger partial charge in [-0.15, -0.1) is 0 Å². The lowest BCUT2D eigenvalue weighted by atomic mass is 9.95. The van der Waals surface area contributed by atoms with Crippen LogP contribution in [0.25, 0.3) is 6.08 Å². The van der Waals surface area contributed by atoms with E-state index < -0.39 is 12.0 Å². The van der Waals surface area contributed by atoms with Crippen molar-refractivity contribution in [2.45, 2.75) is 19.9 Å². The van der Waals surface area contributed by atoms with Gasteiger partial charge in [-0.05, 0) is 67.4 Å². The van der Waals surface area contributed by atoms with Gasteiger partial charge in [-0.2, -0.15) is 0 Å². The molecular formula is C32H29N3O6S. The number of nitrogens with zero attached hydrogens (tertiary/aromatic N) is 2. The second-order valence-corrected chi connectivity index (χ2v) is 10.4. The Bertz CT molecular complexity index is 1840. The van der Waals surface area contributed by atoms with E-state index in [2.05, 4.69) is 10.3 Å². The molecule has 3 aromatic carbocycles. The predicted molar refractivity (Wildman–Crippen MR) is 160 cm³/mol. The third-order valence-electron chi connectivity index (χ3n) is 6.53. The van der Waals surface area contributed by atoms with E-state index in [9.17, 15) is 14.4 Å². The van der Waals surface area contributed by atoms with Gasteiger partial charge in [-0.1, -0.05) is 53.8 Å². The van der Waals surface area contributed by atoms with Gasteiger partial charge in [0.25, 0.3) is 11.5 Å². The fourth-order valence-electron chi connectivity index (χ4n) is 4.65. The molecule has 1 N–H and O–H groups in total. The highest BCUT2D eigenvalue weighted by Gasteiger charge is 2.32. The van der Waals surface area contributed by atoms with Crippen LogP contribution in [-0.2, 0) is 14.3 Å². The zero-order valence-corrected chi connectivity index (χ0v) is 24.1. The van der Waals surface area contributed by atoms with Gasteiger partial charge in [0.2, 0.25) is 0 Å². The summed E-state index contributed by atoms with van der Waals surface area (Å²) in [6, 6.07) is 22.8. The summed E-state index contributed by atoms with van der Waals surface area (Å²) in [5.41, 5.74) is 2.64. The molecule has 0 bridgehead atoms. The molecule has 1 aliphatic rings. The highest BCUT2D eigenvalue weighted by Crippen LogP contribution is 2.32. The van der Waals surface area contributed by atoms with E-state index >= 15 is 0 Å². The maximum Gasteiger partial charge on any atom is 0.344 e. The van der Waals surface area contributed by atoms with Gasteiger partial charge in [0.05, 0.1) is 35.6 Å². The van der Waals surface area contributed by atoms with Crippen LogP contribution < -0.4 is 29.7 Å². The van der Waals surface area contributed by atoms with Crippen molar-refractivity contribution in [3.05, 3.63) is 121 Å². The SMILES string of the molecule is CCOC(=O)COc1cccc(/C=c2\sc3n(c2=O)[C@@H](c2cccc(OC)c2)C(C(=O)Nc2ccccc2)=C(C)N=3)c1. The highest BCUT2D eigenvalue weighted by molar-refractivity contribution is 7.07. The van der Waals surface area contributed by atoms with E-state index in [1.165, 1.54) is 11.3 Å². The Labute approximate surface area is 246 Å². The Hall–Kier alpha value is -4.96. The van der Waals surface area contributed by atoms with Gasteiger partial charge in [0, 0.05) is 5.69 Å². The molecule has 9 nitrogen and oxygen atoms in total. The second-order valence-electron chi connectivity index (χ2n) is 9.34. The third-order valence-corrected chi connectivity index (χ3v) is 7.51. The molecular weight excluding hydrogens is 554 g/mol. The van der Waals surface area contributed by atoms with Gasteiger partial charge in [-0.25, -0.2) is 9.79 Å². The normalized spacial score (nSPS) is 14.5. The van der Waals surface area contributed by atoms with Crippen molar-refractivity contribution in [2.24, 2.45) is 4.99 Å². The molecule has 0 saturated heterocycles. The molecule has 5 rings (SSSR count). The highest BCUT2D eigenvalue weighted by atomic mass is 32.1. The van der Waals surface area contributed by atoms with Gasteiger partial charge in [0.15, 0.2) is 11.4 Å². The maximum absolute atomic E-state index is 14.0. The number of hydrogen-bond donors (Lipinski definition) is 1. The second kappa shape index (κ2) is 12.7. The largest absolute Gasteiger partial charge is 0.497 e. The lowest BCUT2D eigenvalue weighted by Gasteiger charge is -2.25. The van der Waals surface area contributed by atoms with Crippen LogP contribution >= 0.6 is 11.3 Å². The van der Waals surface area contributed by atoms with Gasteiger partial charge < -0.3 is 19.5 Å². The Morgan fingerprint density at radius 2 is 1.79 bits per heavy atom. The minimum absolute atomic E-state index is 0.215. The third kappa shape index (κ3) is 6.18. The van der Waals surface area contributed by atoms with Crippen LogP contribution in [0.1, 0.15) is 31.0 Å². The van der Waals surface area contributed by atoms with Crippen LogP contribution in [0.4, 0.5) is 5.69 Å². The lowest BCUT2D eigenvalue weighted by Crippen LogP contribution is -2.40. The van der Waals surface area contributed by atoms with Crippen molar-refractivity contribution >= 4 is 35.0 Å². The number of rotatable bonds is 9. The fourth-order valence-corrected chi connectivity index (χ4v) is 5.70. The molecule has 1 atom stereocenters. The van der Waals surface area contributed by atoms with E-state index in [1.54, 1.807) is 61.9 Å². The number of methoxy groups -OCH3 is 1. The zero-order chi connectivity index (χ0) is 29.6. The summed E-state index contributed by atoms with van der Waals surface area (Å²) in [5.74, 6) is 0.258. The number of amides is 1. The standard InChI is InChI=1S/C32H29N3O6S/c1-4-40-27(36)19-41-25-15-8-10-21(16-25)17-26-31(38)35-29(22-11-9-14-24(18-22)39-3)28(20(2)33-32(35)42-26)30(37)34-23-12-6-5-7-13-23/h5-18,29H,4,19H2,1-3H3,(H,34,37)/b26-17-/t29-/m0/s1. The minimum atomic E-state index is -0.735. The number of aromatic nitrogens is 1. The van der Waals surface area contributed by atoms with Crippen molar-refractivity contribution in [3.63, 3.8) is 0 Å². The van der Waals surface area contributed by atoms with Gasteiger partial charge >= 0.3 is 5.97 Å². The molecule has 10 heteroatoms. The summed E-state index contributed by atoms with van der Waals surface area (Å²) in [4.78, 5) is 44.5. The molecule has 0 spiro atoms. The number of allylic oxidation sites excluding steroid dienone is 1. The van der Waals surface area contributed by atoms with Crippen LogP contribution in [-0.4, -0.2) is 36.8 Å². The molecule has 0 unspecified atom stereocenters. The number of thiazole rings is 1. The predicted octanol–water partition coefficient (Wildman–Crippen LogP) is 3.82. The summed E-state index contributed by atoms with van der Waals surface area (Å²) < 4.78 is 17.9. The van der Waals surface area contributed by atoms with Crippen LogP contribution in [0.15, 0.2) is 99.9 Å². The number of carbonyl (C=O) groups is 2. The number of hydrogen-bond acceptors (Lipinski definition) is 8.